The van der Waals surface area contributed by atoms with E-state index in [9.17, 15) is 13.2 Å². The molecule has 0 spiro atoms. The first-order chi connectivity index (χ1) is 11.8. The molecule has 0 aliphatic heterocycles. The molecule has 4 nitrogen and oxygen atoms in total. The van der Waals surface area contributed by atoms with E-state index >= 15 is 0 Å². The second-order valence-electron chi connectivity index (χ2n) is 4.86. The van der Waals surface area contributed by atoms with Crippen molar-refractivity contribution >= 4 is 39.9 Å². The number of allylic oxidation sites excluding steroid dienone is 4. The zero-order valence-electron chi connectivity index (χ0n) is 12.8. The van der Waals surface area contributed by atoms with E-state index in [4.69, 9.17) is 16.6 Å². The molecular formula is C17H14F3N3OS. The monoisotopic (exact) mass is 365 g/mol. The van der Waals surface area contributed by atoms with Crippen LogP contribution in [0.25, 0.3) is 10.8 Å². The van der Waals surface area contributed by atoms with Crippen molar-refractivity contribution < 1.29 is 17.4 Å². The minimum absolute atomic E-state index is 0.0195. The standard InChI is InChI=1S/C11H8F3NOS.C6H6N2/c12-11(13,14)17-16-9-6-5-7-3-1-2-4-8(7)10(9)15;7-5-3-1-2-4-6(5)8/h1-6H,15H2;1-4,7-8H. The lowest BCUT2D eigenvalue weighted by Crippen LogP contribution is -2.06. The summed E-state index contributed by atoms with van der Waals surface area (Å²) in [5, 5.41) is 15.6. The maximum Gasteiger partial charge on any atom is 0.479 e. The van der Waals surface area contributed by atoms with Crippen molar-refractivity contribution in [2.75, 3.05) is 5.73 Å². The van der Waals surface area contributed by atoms with Gasteiger partial charge in [-0.1, -0.05) is 42.5 Å². The van der Waals surface area contributed by atoms with E-state index in [0.717, 1.165) is 5.39 Å². The smallest absolute Gasteiger partial charge is 0.415 e. The molecule has 0 amide bonds. The molecule has 4 N–H and O–H groups in total. The number of halogens is 3. The van der Waals surface area contributed by atoms with Gasteiger partial charge in [-0.3, -0.25) is 10.8 Å². The molecule has 130 valence electrons. The topological polar surface area (TPSA) is 83.0 Å². The molecule has 1 aliphatic rings. The predicted octanol–water partition coefficient (Wildman–Crippen LogP) is 5.12. The molecule has 0 atom stereocenters. The Morgan fingerprint density at radius 1 is 0.920 bits per heavy atom. The van der Waals surface area contributed by atoms with Crippen LogP contribution in [0.3, 0.4) is 0 Å². The van der Waals surface area contributed by atoms with E-state index in [-0.39, 0.29) is 22.9 Å². The Bertz CT molecular complexity index is 838. The quantitative estimate of drug-likeness (QED) is 0.392. The highest BCUT2D eigenvalue weighted by molar-refractivity contribution is 7.95. The summed E-state index contributed by atoms with van der Waals surface area (Å²) in [7, 11) is 0. The second kappa shape index (κ2) is 7.89. The average molecular weight is 365 g/mol. The van der Waals surface area contributed by atoms with Gasteiger partial charge in [0.2, 0.25) is 0 Å². The van der Waals surface area contributed by atoms with Crippen molar-refractivity contribution in [3.63, 3.8) is 0 Å². The van der Waals surface area contributed by atoms with E-state index in [1.807, 2.05) is 12.1 Å². The first-order valence-corrected chi connectivity index (χ1v) is 7.74. The maximum absolute atomic E-state index is 12.0. The fraction of sp³-hybridized carbons (Fsp3) is 0.0588. The Balaban J connectivity index is 0.000000236. The fourth-order valence-corrected chi connectivity index (χ4v) is 2.25. The zero-order chi connectivity index (χ0) is 18.4. The molecule has 0 saturated carbocycles. The number of fused-ring (bicyclic) bond motifs is 1. The van der Waals surface area contributed by atoms with Crippen molar-refractivity contribution in [1.29, 1.82) is 10.8 Å². The molecular weight excluding hydrogens is 351 g/mol. The first-order valence-electron chi connectivity index (χ1n) is 7.00. The minimum Gasteiger partial charge on any atom is -0.415 e. The number of rotatable bonds is 2. The number of hydrogen-bond donors (Lipinski definition) is 3. The lowest BCUT2D eigenvalue weighted by molar-refractivity contribution is -0.0369. The van der Waals surface area contributed by atoms with Gasteiger partial charge in [0, 0.05) is 5.39 Å². The van der Waals surface area contributed by atoms with Gasteiger partial charge in [0.15, 0.2) is 17.8 Å². The van der Waals surface area contributed by atoms with Gasteiger partial charge in [-0.25, -0.2) is 0 Å². The van der Waals surface area contributed by atoms with Crippen LogP contribution in [0.2, 0.25) is 0 Å². The van der Waals surface area contributed by atoms with Crippen LogP contribution in [0.5, 0.6) is 5.75 Å². The van der Waals surface area contributed by atoms with Crippen LogP contribution in [0, 0.1) is 10.8 Å². The molecule has 1 aliphatic carbocycles. The van der Waals surface area contributed by atoms with Gasteiger partial charge in [-0.05, 0) is 23.6 Å². The van der Waals surface area contributed by atoms with Crippen LogP contribution >= 0.6 is 12.0 Å². The van der Waals surface area contributed by atoms with Gasteiger partial charge < -0.3 is 9.92 Å². The van der Waals surface area contributed by atoms with Crippen molar-refractivity contribution in [2.24, 2.45) is 0 Å². The molecule has 0 saturated heterocycles. The molecule has 0 radical (unpaired) electrons. The molecule has 2 aromatic carbocycles. The van der Waals surface area contributed by atoms with Gasteiger partial charge in [-0.15, -0.1) is 0 Å². The Kier molecular flexibility index (Phi) is 5.87. The zero-order valence-corrected chi connectivity index (χ0v) is 13.6. The number of benzene rings is 2. The normalized spacial score (nSPS) is 13.6. The molecule has 2 aromatic rings. The summed E-state index contributed by atoms with van der Waals surface area (Å²) in [6.07, 6.45) is 6.70. The Morgan fingerprint density at radius 2 is 1.52 bits per heavy atom. The van der Waals surface area contributed by atoms with E-state index < -0.39 is 17.6 Å². The number of anilines is 1. The number of alkyl halides is 3. The summed E-state index contributed by atoms with van der Waals surface area (Å²) in [4.78, 5) is 0. The second-order valence-corrected chi connectivity index (χ2v) is 5.65. The van der Waals surface area contributed by atoms with Crippen LogP contribution in [-0.2, 0) is 0 Å². The molecule has 3 rings (SSSR count). The van der Waals surface area contributed by atoms with Crippen LogP contribution in [0.15, 0.2) is 60.7 Å². The number of nitrogens with two attached hydrogens (primary N) is 1. The Morgan fingerprint density at radius 3 is 2.08 bits per heavy atom. The lowest BCUT2D eigenvalue weighted by Gasteiger charge is -2.10. The van der Waals surface area contributed by atoms with Gasteiger partial charge in [-0.2, -0.15) is 13.2 Å². The molecule has 0 fully saturated rings. The van der Waals surface area contributed by atoms with Crippen LogP contribution in [0.1, 0.15) is 0 Å². The highest BCUT2D eigenvalue weighted by Gasteiger charge is 2.31. The number of nitrogen functional groups attached to an aromatic ring is 1. The van der Waals surface area contributed by atoms with Crippen LogP contribution in [0.4, 0.5) is 18.9 Å². The van der Waals surface area contributed by atoms with Crippen molar-refractivity contribution in [2.45, 2.75) is 5.51 Å². The summed E-state index contributed by atoms with van der Waals surface area (Å²) in [5.41, 5.74) is 2.07. The molecule has 0 aromatic heterocycles. The SMILES string of the molecule is N=C1C=CC=CC1=N.Nc1c(OSC(F)(F)F)ccc2ccccc12. The molecule has 8 heteroatoms. The van der Waals surface area contributed by atoms with Gasteiger partial charge >= 0.3 is 5.51 Å². The van der Waals surface area contributed by atoms with Crippen molar-refractivity contribution in [3.8, 4) is 5.75 Å². The average Bonchev–Trinajstić information content (AvgIpc) is 2.57. The summed E-state index contributed by atoms with van der Waals surface area (Å²) in [6.45, 7) is 0. The third-order valence-electron chi connectivity index (χ3n) is 3.08. The largest absolute Gasteiger partial charge is 0.479 e. The van der Waals surface area contributed by atoms with Crippen LogP contribution < -0.4 is 9.92 Å². The third-order valence-corrected chi connectivity index (χ3v) is 3.54. The van der Waals surface area contributed by atoms with Crippen molar-refractivity contribution in [1.82, 2.24) is 0 Å². The molecule has 0 heterocycles. The third kappa shape index (κ3) is 5.39. The minimum atomic E-state index is -4.45. The van der Waals surface area contributed by atoms with E-state index in [1.54, 1.807) is 42.5 Å². The van der Waals surface area contributed by atoms with E-state index in [2.05, 4.69) is 4.18 Å². The van der Waals surface area contributed by atoms with Crippen molar-refractivity contribution in [3.05, 3.63) is 60.7 Å². The van der Waals surface area contributed by atoms with Crippen LogP contribution in [-0.4, -0.2) is 16.9 Å². The summed E-state index contributed by atoms with van der Waals surface area (Å²) in [6, 6.07) is 10.2. The molecule has 0 bridgehead atoms. The Hall–Kier alpha value is -2.74. The number of nitrogens with one attached hydrogen (secondary N) is 2. The molecule has 0 unspecified atom stereocenters. The highest BCUT2D eigenvalue weighted by atomic mass is 32.2. The molecule has 25 heavy (non-hydrogen) atoms. The lowest BCUT2D eigenvalue weighted by atomic mass is 10.1. The highest BCUT2D eigenvalue weighted by Crippen LogP contribution is 2.37. The predicted molar refractivity (Wildman–Crippen MR) is 96.4 cm³/mol. The first kappa shape index (κ1) is 18.6. The summed E-state index contributed by atoms with van der Waals surface area (Å²) >= 11 is -0.571. The van der Waals surface area contributed by atoms with E-state index in [1.165, 1.54) is 6.07 Å². The van der Waals surface area contributed by atoms with Gasteiger partial charge in [0.1, 0.15) is 0 Å². The fourth-order valence-electron chi connectivity index (χ4n) is 1.92. The Labute approximate surface area is 146 Å². The number of hydrogen-bond acceptors (Lipinski definition) is 5. The van der Waals surface area contributed by atoms with E-state index in [0.29, 0.717) is 5.39 Å². The van der Waals surface area contributed by atoms with Gasteiger partial charge in [0.25, 0.3) is 0 Å². The maximum atomic E-state index is 12.0. The summed E-state index contributed by atoms with van der Waals surface area (Å²) in [5.74, 6) is 0.0195. The van der Waals surface area contributed by atoms with Gasteiger partial charge in [0.05, 0.1) is 17.1 Å². The summed E-state index contributed by atoms with van der Waals surface area (Å²) < 4.78 is 40.5.